The molecule has 0 aliphatic rings. The van der Waals surface area contributed by atoms with E-state index in [9.17, 15) is 4.79 Å². The maximum atomic E-state index is 12.3. The van der Waals surface area contributed by atoms with Gasteiger partial charge in [0.05, 0.1) is 5.56 Å². The molecule has 0 aliphatic heterocycles. The van der Waals surface area contributed by atoms with E-state index >= 15 is 0 Å². The van der Waals surface area contributed by atoms with Crippen LogP contribution in [0.2, 0.25) is 5.02 Å². The van der Waals surface area contributed by atoms with Crippen molar-refractivity contribution in [2.45, 2.75) is 20.8 Å². The molecule has 0 amide bonds. The van der Waals surface area contributed by atoms with Gasteiger partial charge >= 0.3 is 0 Å². The molecule has 1 aromatic carbocycles. The molecule has 2 aromatic rings. The summed E-state index contributed by atoms with van der Waals surface area (Å²) in [7, 11) is 0. The van der Waals surface area contributed by atoms with Crippen LogP contribution in [0.1, 0.15) is 33.0 Å². The van der Waals surface area contributed by atoms with Crippen molar-refractivity contribution in [1.82, 2.24) is 0 Å². The Kier molecular flexibility index (Phi) is 3.07. The Bertz CT molecular complexity index is 582. The number of carbonyl (C=O) groups excluding carboxylic acids is 1. The zero-order chi connectivity index (χ0) is 12.6. The minimum atomic E-state index is -0.0423. The van der Waals surface area contributed by atoms with Crippen molar-refractivity contribution in [2.75, 3.05) is 0 Å². The second kappa shape index (κ2) is 4.38. The topological polar surface area (TPSA) is 30.2 Å². The van der Waals surface area contributed by atoms with Crippen molar-refractivity contribution in [1.29, 1.82) is 0 Å². The molecular formula is C14H13ClO2. The summed E-state index contributed by atoms with van der Waals surface area (Å²) in [5.41, 5.74) is 2.15. The third-order valence-electron chi connectivity index (χ3n) is 2.73. The van der Waals surface area contributed by atoms with E-state index in [-0.39, 0.29) is 5.78 Å². The first-order valence-electron chi connectivity index (χ1n) is 5.37. The van der Waals surface area contributed by atoms with Crippen molar-refractivity contribution in [3.63, 3.8) is 0 Å². The molecule has 0 unspecified atom stereocenters. The van der Waals surface area contributed by atoms with Gasteiger partial charge in [0.2, 0.25) is 0 Å². The number of aryl methyl sites for hydroxylation is 3. The molecule has 0 spiro atoms. The molecular weight excluding hydrogens is 236 g/mol. The molecule has 1 aromatic heterocycles. The van der Waals surface area contributed by atoms with E-state index < -0.39 is 0 Å². The van der Waals surface area contributed by atoms with Crippen LogP contribution >= 0.6 is 11.6 Å². The summed E-state index contributed by atoms with van der Waals surface area (Å²) >= 11 is 5.92. The van der Waals surface area contributed by atoms with Crippen LogP contribution < -0.4 is 0 Å². The third-order valence-corrected chi connectivity index (χ3v) is 2.96. The molecule has 0 saturated heterocycles. The van der Waals surface area contributed by atoms with Gasteiger partial charge in [0.1, 0.15) is 11.5 Å². The largest absolute Gasteiger partial charge is 0.466 e. The Morgan fingerprint density at radius 2 is 1.82 bits per heavy atom. The van der Waals surface area contributed by atoms with Crippen LogP contribution in [-0.4, -0.2) is 5.78 Å². The fraction of sp³-hybridized carbons (Fsp3) is 0.214. The van der Waals surface area contributed by atoms with Crippen molar-refractivity contribution in [2.24, 2.45) is 0 Å². The van der Waals surface area contributed by atoms with Crippen LogP contribution in [0.25, 0.3) is 0 Å². The van der Waals surface area contributed by atoms with E-state index in [2.05, 4.69) is 0 Å². The first-order chi connectivity index (χ1) is 7.99. The van der Waals surface area contributed by atoms with Gasteiger partial charge in [-0.2, -0.15) is 0 Å². The smallest absolute Gasteiger partial charge is 0.196 e. The monoisotopic (exact) mass is 248 g/mol. The van der Waals surface area contributed by atoms with Crippen molar-refractivity contribution in [3.05, 3.63) is 57.5 Å². The van der Waals surface area contributed by atoms with Crippen LogP contribution in [0.5, 0.6) is 0 Å². The number of ketones is 1. The summed E-state index contributed by atoms with van der Waals surface area (Å²) in [6.07, 6.45) is 0. The van der Waals surface area contributed by atoms with Crippen LogP contribution in [0.3, 0.4) is 0 Å². The molecule has 0 bridgehead atoms. The minimum Gasteiger partial charge on any atom is -0.466 e. The van der Waals surface area contributed by atoms with E-state index in [1.165, 1.54) is 0 Å². The summed E-state index contributed by atoms with van der Waals surface area (Å²) in [6, 6.07) is 7.08. The molecule has 0 saturated carbocycles. The van der Waals surface area contributed by atoms with Gasteiger partial charge in [-0.3, -0.25) is 4.79 Å². The summed E-state index contributed by atoms with van der Waals surface area (Å²) in [4.78, 5) is 12.3. The number of furan rings is 1. The highest BCUT2D eigenvalue weighted by molar-refractivity contribution is 6.31. The summed E-state index contributed by atoms with van der Waals surface area (Å²) in [5, 5.41) is 0.566. The number of hydrogen-bond acceptors (Lipinski definition) is 2. The second-order valence-corrected chi connectivity index (χ2v) is 4.55. The molecule has 0 aliphatic carbocycles. The predicted octanol–water partition coefficient (Wildman–Crippen LogP) is 4.09. The molecule has 2 rings (SSSR count). The third kappa shape index (κ3) is 2.27. The van der Waals surface area contributed by atoms with E-state index in [1.54, 1.807) is 25.1 Å². The van der Waals surface area contributed by atoms with Gasteiger partial charge in [-0.25, -0.2) is 0 Å². The normalized spacial score (nSPS) is 10.6. The second-order valence-electron chi connectivity index (χ2n) is 4.12. The number of carbonyl (C=O) groups is 1. The standard InChI is InChI=1S/C14H13ClO2/c1-8-4-5-11(15)7-12(8)14(16)13-6-9(2)17-10(13)3/h4-7H,1-3H3. The molecule has 88 valence electrons. The summed E-state index contributed by atoms with van der Waals surface area (Å²) in [6.45, 7) is 5.51. The zero-order valence-electron chi connectivity index (χ0n) is 10.0. The minimum absolute atomic E-state index is 0.0423. The van der Waals surface area contributed by atoms with Gasteiger partial charge in [-0.05, 0) is 44.5 Å². The maximum Gasteiger partial charge on any atom is 0.196 e. The number of benzene rings is 1. The fourth-order valence-corrected chi connectivity index (χ4v) is 2.01. The van der Waals surface area contributed by atoms with Crippen molar-refractivity contribution >= 4 is 17.4 Å². The van der Waals surface area contributed by atoms with Gasteiger partial charge in [0.25, 0.3) is 0 Å². The SMILES string of the molecule is Cc1cc(C(=O)c2cc(Cl)ccc2C)c(C)o1. The van der Waals surface area contributed by atoms with Gasteiger partial charge < -0.3 is 4.42 Å². The highest BCUT2D eigenvalue weighted by Crippen LogP contribution is 2.22. The van der Waals surface area contributed by atoms with Gasteiger partial charge in [0.15, 0.2) is 5.78 Å². The maximum absolute atomic E-state index is 12.3. The molecule has 0 fully saturated rings. The first kappa shape index (κ1) is 11.9. The lowest BCUT2D eigenvalue weighted by molar-refractivity contribution is 0.103. The number of rotatable bonds is 2. The van der Waals surface area contributed by atoms with Crippen molar-refractivity contribution < 1.29 is 9.21 Å². The molecule has 0 radical (unpaired) electrons. The van der Waals surface area contributed by atoms with E-state index in [0.717, 1.165) is 11.3 Å². The average molecular weight is 249 g/mol. The van der Waals surface area contributed by atoms with Crippen LogP contribution in [0.15, 0.2) is 28.7 Å². The molecule has 3 heteroatoms. The predicted molar refractivity (Wildman–Crippen MR) is 67.8 cm³/mol. The lowest BCUT2D eigenvalue weighted by Crippen LogP contribution is -2.03. The highest BCUT2D eigenvalue weighted by Gasteiger charge is 2.17. The fourth-order valence-electron chi connectivity index (χ4n) is 1.84. The Morgan fingerprint density at radius 1 is 1.12 bits per heavy atom. The molecule has 0 N–H and O–H groups in total. The van der Waals surface area contributed by atoms with Crippen LogP contribution in [0.4, 0.5) is 0 Å². The summed E-state index contributed by atoms with van der Waals surface area (Å²) in [5.74, 6) is 1.34. The van der Waals surface area contributed by atoms with Crippen LogP contribution in [-0.2, 0) is 0 Å². The van der Waals surface area contributed by atoms with Gasteiger partial charge in [-0.15, -0.1) is 0 Å². The lowest BCUT2D eigenvalue weighted by Gasteiger charge is -2.04. The molecule has 2 nitrogen and oxygen atoms in total. The van der Waals surface area contributed by atoms with Gasteiger partial charge in [-0.1, -0.05) is 17.7 Å². The first-order valence-corrected chi connectivity index (χ1v) is 5.74. The molecule has 17 heavy (non-hydrogen) atoms. The van der Waals surface area contributed by atoms with E-state index in [1.807, 2.05) is 19.9 Å². The lowest BCUT2D eigenvalue weighted by atomic mass is 9.99. The van der Waals surface area contributed by atoms with Gasteiger partial charge in [0, 0.05) is 10.6 Å². The number of halogens is 1. The quantitative estimate of drug-likeness (QED) is 0.750. The average Bonchev–Trinajstić information content (AvgIpc) is 2.60. The Morgan fingerprint density at radius 3 is 2.41 bits per heavy atom. The Hall–Kier alpha value is -1.54. The Labute approximate surface area is 105 Å². The van der Waals surface area contributed by atoms with E-state index in [4.69, 9.17) is 16.0 Å². The molecule has 1 heterocycles. The Balaban J connectivity index is 2.50. The van der Waals surface area contributed by atoms with Crippen molar-refractivity contribution in [3.8, 4) is 0 Å². The number of hydrogen-bond donors (Lipinski definition) is 0. The zero-order valence-corrected chi connectivity index (χ0v) is 10.8. The highest BCUT2D eigenvalue weighted by atomic mass is 35.5. The molecule has 0 atom stereocenters. The summed E-state index contributed by atoms with van der Waals surface area (Å²) < 4.78 is 5.37. The van der Waals surface area contributed by atoms with Crippen LogP contribution in [0, 0.1) is 20.8 Å². The van der Waals surface area contributed by atoms with E-state index in [0.29, 0.717) is 21.9 Å².